The molecule has 27 heavy (non-hydrogen) atoms. The predicted octanol–water partition coefficient (Wildman–Crippen LogP) is 2.58. The lowest BCUT2D eigenvalue weighted by Crippen LogP contribution is -2.26. The first-order valence-corrected chi connectivity index (χ1v) is 10.1. The van der Waals surface area contributed by atoms with Gasteiger partial charge in [-0.05, 0) is 30.2 Å². The predicted molar refractivity (Wildman–Crippen MR) is 104 cm³/mol. The number of hydrogen-bond acceptors (Lipinski definition) is 4. The van der Waals surface area contributed by atoms with Crippen LogP contribution in [0.15, 0.2) is 60.9 Å². The van der Waals surface area contributed by atoms with Crippen LogP contribution in [0.5, 0.6) is 0 Å². The molecule has 0 radical (unpaired) electrons. The molecule has 0 aliphatic heterocycles. The number of carbonyl (C=O) groups excluding carboxylic acids is 1. The van der Waals surface area contributed by atoms with E-state index in [1.165, 1.54) is 6.20 Å². The number of hydrogen-bond donors (Lipinski definition) is 1. The van der Waals surface area contributed by atoms with Crippen LogP contribution < -0.4 is 4.72 Å². The van der Waals surface area contributed by atoms with Crippen molar-refractivity contribution in [3.05, 3.63) is 89.0 Å². The fourth-order valence-electron chi connectivity index (χ4n) is 2.99. The van der Waals surface area contributed by atoms with Crippen LogP contribution in [0, 0.1) is 6.92 Å². The molecule has 0 saturated heterocycles. The molecule has 0 aliphatic carbocycles. The Balaban J connectivity index is 1.76. The Kier molecular flexibility index (Phi) is 5.53. The van der Waals surface area contributed by atoms with Crippen LogP contribution in [0.25, 0.3) is 0 Å². The van der Waals surface area contributed by atoms with Crippen molar-refractivity contribution < 1.29 is 13.2 Å². The van der Waals surface area contributed by atoms with Gasteiger partial charge in [0.2, 0.25) is 15.8 Å². The van der Waals surface area contributed by atoms with Crippen molar-refractivity contribution in [1.82, 2.24) is 14.3 Å². The summed E-state index contributed by atoms with van der Waals surface area (Å²) in [5.41, 5.74) is 3.32. The zero-order valence-electron chi connectivity index (χ0n) is 15.2. The van der Waals surface area contributed by atoms with Gasteiger partial charge in [-0.1, -0.05) is 36.4 Å². The van der Waals surface area contributed by atoms with Crippen LogP contribution in [0.1, 0.15) is 32.9 Å². The molecule has 1 N–H and O–H groups in total. The van der Waals surface area contributed by atoms with E-state index in [1.54, 1.807) is 42.1 Å². The average molecular weight is 383 g/mol. The summed E-state index contributed by atoms with van der Waals surface area (Å²) in [6.45, 7) is 1.96. The van der Waals surface area contributed by atoms with Crippen LogP contribution in [0.2, 0.25) is 0 Å². The van der Waals surface area contributed by atoms with Crippen LogP contribution in [-0.2, 0) is 29.4 Å². The monoisotopic (exact) mass is 383 g/mol. The van der Waals surface area contributed by atoms with Gasteiger partial charge >= 0.3 is 0 Å². The zero-order valence-corrected chi connectivity index (χ0v) is 16.0. The standard InChI is InChI=1S/C20H21N3O3S/c1-15-11-18(13-22-27(25,26)14-16-7-6-10-21-12-16)23(2)19(15)20(24)17-8-4-3-5-9-17/h3-12,22H,13-14H2,1-2H3. The lowest BCUT2D eigenvalue weighted by Gasteiger charge is -2.10. The summed E-state index contributed by atoms with van der Waals surface area (Å²) in [6, 6.07) is 14.3. The van der Waals surface area contributed by atoms with Gasteiger partial charge in [0.1, 0.15) is 0 Å². The molecule has 0 saturated carbocycles. The molecule has 0 aliphatic rings. The van der Waals surface area contributed by atoms with Crippen molar-refractivity contribution in [3.63, 3.8) is 0 Å². The molecule has 2 aromatic heterocycles. The average Bonchev–Trinajstić information content (AvgIpc) is 2.94. The maximum absolute atomic E-state index is 12.8. The number of nitrogens with one attached hydrogen (secondary N) is 1. The van der Waals surface area contributed by atoms with Crippen LogP contribution >= 0.6 is 0 Å². The van der Waals surface area contributed by atoms with Gasteiger partial charge < -0.3 is 4.57 Å². The molecule has 6 nitrogen and oxygen atoms in total. The molecule has 7 heteroatoms. The summed E-state index contributed by atoms with van der Waals surface area (Å²) < 4.78 is 29.0. The minimum atomic E-state index is -3.51. The van der Waals surface area contributed by atoms with E-state index in [0.717, 1.165) is 11.3 Å². The Hall–Kier alpha value is -2.77. The quantitative estimate of drug-likeness (QED) is 0.636. The maximum Gasteiger partial charge on any atom is 0.216 e. The van der Waals surface area contributed by atoms with Crippen molar-refractivity contribution >= 4 is 15.8 Å². The second-order valence-electron chi connectivity index (χ2n) is 6.36. The third kappa shape index (κ3) is 4.50. The van der Waals surface area contributed by atoms with Crippen LogP contribution in [0.4, 0.5) is 0 Å². The SMILES string of the molecule is Cc1cc(CNS(=O)(=O)Cc2cccnc2)n(C)c1C(=O)c1ccccc1. The molecular formula is C20H21N3O3S. The first-order chi connectivity index (χ1) is 12.9. The third-order valence-corrected chi connectivity index (χ3v) is 5.62. The van der Waals surface area contributed by atoms with E-state index in [4.69, 9.17) is 0 Å². The number of nitrogens with zero attached hydrogens (tertiary/aromatic N) is 2. The number of sulfonamides is 1. The molecule has 0 spiro atoms. The molecule has 140 valence electrons. The molecule has 0 bridgehead atoms. The van der Waals surface area contributed by atoms with Crippen molar-refractivity contribution in [1.29, 1.82) is 0 Å². The Morgan fingerprint density at radius 1 is 1.15 bits per heavy atom. The van der Waals surface area contributed by atoms with Gasteiger partial charge in [0.05, 0.1) is 18.0 Å². The molecule has 0 fully saturated rings. The van der Waals surface area contributed by atoms with Crippen molar-refractivity contribution in [3.8, 4) is 0 Å². The summed E-state index contributed by atoms with van der Waals surface area (Å²) >= 11 is 0. The molecular weight excluding hydrogens is 362 g/mol. The van der Waals surface area contributed by atoms with Crippen LogP contribution in [0.3, 0.4) is 0 Å². The highest BCUT2D eigenvalue weighted by atomic mass is 32.2. The van der Waals surface area contributed by atoms with E-state index in [2.05, 4.69) is 9.71 Å². The summed E-state index contributed by atoms with van der Waals surface area (Å²) in [5, 5.41) is 0. The largest absolute Gasteiger partial charge is 0.343 e. The van der Waals surface area contributed by atoms with Gasteiger partial charge in [0.15, 0.2) is 0 Å². The number of aromatic nitrogens is 2. The van der Waals surface area contributed by atoms with E-state index < -0.39 is 10.0 Å². The highest BCUT2D eigenvalue weighted by Gasteiger charge is 2.19. The summed E-state index contributed by atoms with van der Waals surface area (Å²) in [6.07, 6.45) is 3.13. The van der Waals surface area contributed by atoms with Crippen molar-refractivity contribution in [2.75, 3.05) is 0 Å². The second-order valence-corrected chi connectivity index (χ2v) is 8.17. The Labute approximate surface area is 158 Å². The second kappa shape index (κ2) is 7.85. The summed E-state index contributed by atoms with van der Waals surface area (Å²) in [5.74, 6) is -0.222. The van der Waals surface area contributed by atoms with E-state index in [1.807, 2.05) is 31.2 Å². The fourth-order valence-corrected chi connectivity index (χ4v) is 4.07. The number of aryl methyl sites for hydroxylation is 1. The highest BCUT2D eigenvalue weighted by molar-refractivity contribution is 7.88. The van der Waals surface area contributed by atoms with Crippen molar-refractivity contribution in [2.45, 2.75) is 19.2 Å². The van der Waals surface area contributed by atoms with Gasteiger partial charge in [-0.3, -0.25) is 9.78 Å². The lowest BCUT2D eigenvalue weighted by molar-refractivity contribution is 0.103. The van der Waals surface area contributed by atoms with E-state index in [9.17, 15) is 13.2 Å². The Bertz CT molecular complexity index is 1040. The highest BCUT2D eigenvalue weighted by Crippen LogP contribution is 2.18. The third-order valence-electron chi connectivity index (χ3n) is 4.33. The van der Waals surface area contributed by atoms with E-state index in [0.29, 0.717) is 16.8 Å². The van der Waals surface area contributed by atoms with Gasteiger partial charge in [0.25, 0.3) is 0 Å². The smallest absolute Gasteiger partial charge is 0.216 e. The molecule has 0 atom stereocenters. The first-order valence-electron chi connectivity index (χ1n) is 8.48. The van der Waals surface area contributed by atoms with E-state index >= 15 is 0 Å². The minimum absolute atomic E-state index is 0.0833. The molecule has 2 heterocycles. The normalized spacial score (nSPS) is 11.5. The van der Waals surface area contributed by atoms with Crippen molar-refractivity contribution in [2.24, 2.45) is 7.05 Å². The van der Waals surface area contributed by atoms with Gasteiger partial charge in [-0.15, -0.1) is 0 Å². The fraction of sp³-hybridized carbons (Fsp3) is 0.200. The Morgan fingerprint density at radius 2 is 1.89 bits per heavy atom. The minimum Gasteiger partial charge on any atom is -0.343 e. The zero-order chi connectivity index (χ0) is 19.4. The molecule has 3 aromatic rings. The van der Waals surface area contributed by atoms with E-state index in [-0.39, 0.29) is 18.1 Å². The topological polar surface area (TPSA) is 81.1 Å². The maximum atomic E-state index is 12.8. The molecule has 3 rings (SSSR count). The molecule has 0 amide bonds. The first kappa shape index (κ1) is 19.0. The number of ketones is 1. The van der Waals surface area contributed by atoms with Gasteiger partial charge in [-0.25, -0.2) is 13.1 Å². The van der Waals surface area contributed by atoms with Gasteiger partial charge in [-0.2, -0.15) is 0 Å². The number of rotatable bonds is 7. The van der Waals surface area contributed by atoms with Gasteiger partial charge in [0, 0.05) is 30.7 Å². The number of benzene rings is 1. The summed E-state index contributed by atoms with van der Waals surface area (Å²) in [7, 11) is -1.74. The molecule has 1 aromatic carbocycles. The summed E-state index contributed by atoms with van der Waals surface area (Å²) in [4.78, 5) is 16.7. The lowest BCUT2D eigenvalue weighted by atomic mass is 10.1. The van der Waals surface area contributed by atoms with Crippen LogP contribution in [-0.4, -0.2) is 23.8 Å². The number of carbonyl (C=O) groups is 1. The molecule has 0 unspecified atom stereocenters. The number of pyridine rings is 1. The Morgan fingerprint density at radius 3 is 2.56 bits per heavy atom.